The van der Waals surface area contributed by atoms with E-state index in [-0.39, 0.29) is 0 Å². The lowest BCUT2D eigenvalue weighted by molar-refractivity contribution is 0.148. The first-order chi connectivity index (χ1) is 12.1. The lowest BCUT2D eigenvalue weighted by atomic mass is 9.92. The molecule has 1 atom stereocenters. The molecule has 1 aromatic carbocycles. The van der Waals surface area contributed by atoms with Crippen LogP contribution in [0.15, 0.2) is 36.7 Å². The summed E-state index contributed by atoms with van der Waals surface area (Å²) in [5.74, 6) is 0.534. The third-order valence-electron chi connectivity index (χ3n) is 4.65. The minimum atomic E-state index is 0.409. The van der Waals surface area contributed by atoms with Gasteiger partial charge in [-0.3, -0.25) is 4.90 Å². The highest BCUT2D eigenvalue weighted by Gasteiger charge is 2.28. The fourth-order valence-corrected chi connectivity index (χ4v) is 4.03. The summed E-state index contributed by atoms with van der Waals surface area (Å²) in [6.07, 6.45) is 3.72. The van der Waals surface area contributed by atoms with Crippen LogP contribution in [0.4, 0.5) is 0 Å². The fourth-order valence-electron chi connectivity index (χ4n) is 3.34. The van der Waals surface area contributed by atoms with E-state index in [1.807, 2.05) is 12.4 Å². The molecule has 0 spiro atoms. The second kappa shape index (κ2) is 8.42. The SMILES string of the molecule is COc1ncc(CN2CCN(I)C(c3ccccc3C(C)C)C2)cn1. The van der Waals surface area contributed by atoms with Crippen LogP contribution >= 0.6 is 22.9 Å². The van der Waals surface area contributed by atoms with Gasteiger partial charge in [-0.05, 0) is 17.0 Å². The van der Waals surface area contributed by atoms with Gasteiger partial charge in [-0.25, -0.2) is 13.1 Å². The number of rotatable bonds is 5. The molecule has 0 saturated carbocycles. The smallest absolute Gasteiger partial charge is 0.316 e. The number of hydrogen-bond donors (Lipinski definition) is 0. The minimum absolute atomic E-state index is 0.409. The fraction of sp³-hybridized carbons (Fsp3) is 0.474. The zero-order chi connectivity index (χ0) is 17.8. The second-order valence-electron chi connectivity index (χ2n) is 6.74. The zero-order valence-corrected chi connectivity index (χ0v) is 17.2. The van der Waals surface area contributed by atoms with E-state index in [9.17, 15) is 0 Å². The molecule has 1 aromatic heterocycles. The van der Waals surface area contributed by atoms with Crippen molar-refractivity contribution in [2.45, 2.75) is 32.4 Å². The van der Waals surface area contributed by atoms with Gasteiger partial charge in [0.1, 0.15) is 0 Å². The Labute approximate surface area is 163 Å². The first kappa shape index (κ1) is 18.5. The Hall–Kier alpha value is -1.25. The quantitative estimate of drug-likeness (QED) is 0.510. The summed E-state index contributed by atoms with van der Waals surface area (Å²) in [5, 5.41) is 0. The summed E-state index contributed by atoms with van der Waals surface area (Å²) >= 11 is 2.48. The van der Waals surface area contributed by atoms with Gasteiger partial charge in [0.05, 0.1) is 13.2 Å². The van der Waals surface area contributed by atoms with Crippen LogP contribution in [-0.2, 0) is 6.54 Å². The molecule has 2 aromatic rings. The molecule has 0 aliphatic carbocycles. The Bertz CT molecular complexity index is 692. The molecule has 0 amide bonds. The number of nitrogens with zero attached hydrogens (tertiary/aromatic N) is 4. The normalized spacial score (nSPS) is 19.3. The summed E-state index contributed by atoms with van der Waals surface area (Å²) in [6.45, 7) is 8.52. The second-order valence-corrected chi connectivity index (χ2v) is 7.98. The number of methoxy groups -OCH3 is 1. The molecule has 0 radical (unpaired) electrons. The number of piperazine rings is 1. The first-order valence-electron chi connectivity index (χ1n) is 8.67. The van der Waals surface area contributed by atoms with Gasteiger partial charge in [-0.1, -0.05) is 38.1 Å². The summed E-state index contributed by atoms with van der Waals surface area (Å²) in [4.78, 5) is 10.9. The Kier molecular flexibility index (Phi) is 6.24. The molecular formula is C19H25IN4O. The lowest BCUT2D eigenvalue weighted by Gasteiger charge is -2.39. The number of halogens is 1. The van der Waals surface area contributed by atoms with Crippen molar-refractivity contribution >= 4 is 22.9 Å². The Morgan fingerprint density at radius 3 is 2.60 bits per heavy atom. The molecule has 0 N–H and O–H groups in total. The highest BCUT2D eigenvalue weighted by molar-refractivity contribution is 14.1. The van der Waals surface area contributed by atoms with E-state index in [0.717, 1.165) is 31.7 Å². The van der Waals surface area contributed by atoms with Gasteiger partial charge >= 0.3 is 6.01 Å². The molecule has 1 aliphatic rings. The van der Waals surface area contributed by atoms with E-state index in [2.05, 4.69) is 79.0 Å². The maximum atomic E-state index is 5.04. The standard InChI is InChI=1S/C19H25IN4O/c1-14(2)16-6-4-5-7-17(16)18-13-23(8-9-24(18)20)12-15-10-21-19(25-3)22-11-15/h4-7,10-11,14,18H,8-9,12-13H2,1-3H3. The van der Waals surface area contributed by atoms with Crippen molar-refractivity contribution in [2.24, 2.45) is 0 Å². The van der Waals surface area contributed by atoms with Gasteiger partial charge in [0, 0.05) is 67.0 Å². The van der Waals surface area contributed by atoms with Crippen LogP contribution in [0.1, 0.15) is 42.5 Å². The van der Waals surface area contributed by atoms with Crippen molar-refractivity contribution in [3.05, 3.63) is 53.3 Å². The van der Waals surface area contributed by atoms with E-state index < -0.39 is 0 Å². The number of aromatic nitrogens is 2. The predicted molar refractivity (Wildman–Crippen MR) is 108 cm³/mol. The Morgan fingerprint density at radius 2 is 1.92 bits per heavy atom. The van der Waals surface area contributed by atoms with Crippen LogP contribution in [0, 0.1) is 0 Å². The third kappa shape index (κ3) is 4.48. The monoisotopic (exact) mass is 452 g/mol. The molecular weight excluding hydrogens is 427 g/mol. The van der Waals surface area contributed by atoms with Crippen molar-refractivity contribution in [3.63, 3.8) is 0 Å². The number of ether oxygens (including phenoxy) is 1. The summed E-state index contributed by atoms with van der Waals surface area (Å²) < 4.78 is 7.48. The van der Waals surface area contributed by atoms with E-state index >= 15 is 0 Å². The lowest BCUT2D eigenvalue weighted by Crippen LogP contribution is -2.44. The van der Waals surface area contributed by atoms with Crippen molar-refractivity contribution < 1.29 is 4.74 Å². The molecule has 1 aliphatic heterocycles. The highest BCUT2D eigenvalue weighted by atomic mass is 127. The van der Waals surface area contributed by atoms with Crippen molar-refractivity contribution in [3.8, 4) is 6.01 Å². The van der Waals surface area contributed by atoms with Crippen LogP contribution in [-0.4, -0.2) is 44.7 Å². The van der Waals surface area contributed by atoms with Crippen LogP contribution in [0.25, 0.3) is 0 Å². The van der Waals surface area contributed by atoms with Gasteiger partial charge in [-0.15, -0.1) is 0 Å². The minimum Gasteiger partial charge on any atom is -0.467 e. The maximum absolute atomic E-state index is 5.04. The van der Waals surface area contributed by atoms with E-state index in [0.29, 0.717) is 18.0 Å². The molecule has 1 unspecified atom stereocenters. The molecule has 6 heteroatoms. The van der Waals surface area contributed by atoms with Gasteiger partial charge in [0.15, 0.2) is 0 Å². The van der Waals surface area contributed by atoms with E-state index in [4.69, 9.17) is 4.74 Å². The molecule has 25 heavy (non-hydrogen) atoms. The molecule has 3 rings (SSSR count). The topological polar surface area (TPSA) is 41.5 Å². The predicted octanol–water partition coefficient (Wildman–Crippen LogP) is 3.82. The zero-order valence-electron chi connectivity index (χ0n) is 15.0. The van der Waals surface area contributed by atoms with Gasteiger partial charge in [-0.2, -0.15) is 0 Å². The molecule has 2 heterocycles. The molecule has 1 fully saturated rings. The average molecular weight is 452 g/mol. The summed E-state index contributed by atoms with van der Waals surface area (Å²) in [5.41, 5.74) is 4.02. The van der Waals surface area contributed by atoms with Crippen molar-refractivity contribution in [2.75, 3.05) is 26.7 Å². The highest BCUT2D eigenvalue weighted by Crippen LogP contribution is 2.33. The summed E-state index contributed by atoms with van der Waals surface area (Å²) in [7, 11) is 1.59. The first-order valence-corrected chi connectivity index (χ1v) is 9.63. The van der Waals surface area contributed by atoms with Crippen LogP contribution in [0.5, 0.6) is 6.01 Å². The van der Waals surface area contributed by atoms with Gasteiger partial charge in [0.25, 0.3) is 0 Å². The van der Waals surface area contributed by atoms with Crippen molar-refractivity contribution in [1.82, 2.24) is 18.0 Å². The number of hydrogen-bond acceptors (Lipinski definition) is 5. The van der Waals surface area contributed by atoms with Gasteiger partial charge < -0.3 is 4.74 Å². The van der Waals surface area contributed by atoms with E-state index in [1.165, 1.54) is 11.1 Å². The van der Waals surface area contributed by atoms with E-state index in [1.54, 1.807) is 7.11 Å². The van der Waals surface area contributed by atoms with Crippen molar-refractivity contribution in [1.29, 1.82) is 0 Å². The van der Waals surface area contributed by atoms with Crippen LogP contribution in [0.3, 0.4) is 0 Å². The third-order valence-corrected chi connectivity index (χ3v) is 5.80. The molecule has 1 saturated heterocycles. The van der Waals surface area contributed by atoms with Gasteiger partial charge in [0.2, 0.25) is 0 Å². The molecule has 5 nitrogen and oxygen atoms in total. The maximum Gasteiger partial charge on any atom is 0.316 e. The number of benzene rings is 1. The Balaban J connectivity index is 1.75. The average Bonchev–Trinajstić information content (AvgIpc) is 2.64. The van der Waals surface area contributed by atoms with Crippen LogP contribution in [0.2, 0.25) is 0 Å². The van der Waals surface area contributed by atoms with Crippen LogP contribution < -0.4 is 4.74 Å². The molecule has 0 bridgehead atoms. The Morgan fingerprint density at radius 1 is 1.20 bits per heavy atom. The summed E-state index contributed by atoms with van der Waals surface area (Å²) in [6, 6.07) is 9.68. The largest absolute Gasteiger partial charge is 0.467 e. The molecule has 134 valence electrons.